The summed E-state index contributed by atoms with van der Waals surface area (Å²) < 4.78 is 4.83. The van der Waals surface area contributed by atoms with Crippen LogP contribution in [0.3, 0.4) is 0 Å². The fraction of sp³-hybridized carbons (Fsp3) is 0.154. The quantitative estimate of drug-likeness (QED) is 0.887. The summed E-state index contributed by atoms with van der Waals surface area (Å²) in [5.41, 5.74) is 1.51. The number of methoxy groups -OCH3 is 1. The maximum atomic E-state index is 11.7. The van der Waals surface area contributed by atoms with Crippen molar-refractivity contribution in [2.75, 3.05) is 12.4 Å². The van der Waals surface area contributed by atoms with Crippen LogP contribution < -0.4 is 10.1 Å². The third kappa shape index (κ3) is 3.28. The van der Waals surface area contributed by atoms with Gasteiger partial charge in [-0.05, 0) is 5.56 Å². The first kappa shape index (κ1) is 12.0. The van der Waals surface area contributed by atoms with Gasteiger partial charge in [-0.2, -0.15) is 0 Å². The van der Waals surface area contributed by atoms with Crippen molar-refractivity contribution in [3.63, 3.8) is 0 Å². The van der Waals surface area contributed by atoms with Crippen molar-refractivity contribution in [2.45, 2.75) is 6.42 Å². The number of nitrogens with zero attached hydrogens (tertiary/aromatic N) is 2. The van der Waals surface area contributed by atoms with Crippen molar-refractivity contribution in [3.8, 4) is 6.01 Å². The topological polar surface area (TPSA) is 64.1 Å². The van der Waals surface area contributed by atoms with Crippen LogP contribution in [0.2, 0.25) is 0 Å². The molecule has 1 N–H and O–H groups in total. The summed E-state index contributed by atoms with van der Waals surface area (Å²) in [5, 5.41) is 2.72. The van der Waals surface area contributed by atoms with Crippen molar-refractivity contribution >= 4 is 11.6 Å². The van der Waals surface area contributed by atoms with Crippen LogP contribution in [0, 0.1) is 0 Å². The first-order valence-electron chi connectivity index (χ1n) is 5.48. The molecule has 18 heavy (non-hydrogen) atoms. The average molecular weight is 243 g/mol. The standard InChI is InChI=1S/C13H13N3O2/c1-18-13-14-8-11(9-15-13)16-12(17)7-10-5-3-2-4-6-10/h2-6,8-9H,7H2,1H3,(H,16,17). The van der Waals surface area contributed by atoms with Gasteiger partial charge in [-0.25, -0.2) is 9.97 Å². The second-order valence-electron chi connectivity index (χ2n) is 3.67. The highest BCUT2D eigenvalue weighted by Gasteiger charge is 2.04. The maximum Gasteiger partial charge on any atom is 0.316 e. The van der Waals surface area contributed by atoms with E-state index in [-0.39, 0.29) is 11.9 Å². The van der Waals surface area contributed by atoms with Gasteiger partial charge in [-0.15, -0.1) is 0 Å². The summed E-state index contributed by atoms with van der Waals surface area (Å²) in [5.74, 6) is -0.102. The van der Waals surface area contributed by atoms with E-state index in [4.69, 9.17) is 4.74 Å². The molecule has 0 aliphatic carbocycles. The molecular formula is C13H13N3O2. The van der Waals surface area contributed by atoms with Crippen LogP contribution >= 0.6 is 0 Å². The number of ether oxygens (including phenoxy) is 1. The summed E-state index contributed by atoms with van der Waals surface area (Å²) in [6.45, 7) is 0. The minimum Gasteiger partial charge on any atom is -0.467 e. The van der Waals surface area contributed by atoms with E-state index in [1.807, 2.05) is 30.3 Å². The average Bonchev–Trinajstić information content (AvgIpc) is 2.40. The van der Waals surface area contributed by atoms with Crippen LogP contribution in [-0.2, 0) is 11.2 Å². The van der Waals surface area contributed by atoms with Crippen LogP contribution in [-0.4, -0.2) is 23.0 Å². The zero-order valence-electron chi connectivity index (χ0n) is 9.96. The Morgan fingerprint density at radius 2 is 1.89 bits per heavy atom. The molecule has 1 aromatic heterocycles. The largest absolute Gasteiger partial charge is 0.467 e. The number of rotatable bonds is 4. The van der Waals surface area contributed by atoms with E-state index in [2.05, 4.69) is 15.3 Å². The SMILES string of the molecule is COc1ncc(NC(=O)Cc2ccccc2)cn1. The molecule has 2 rings (SSSR count). The molecule has 5 nitrogen and oxygen atoms in total. The van der Waals surface area contributed by atoms with Crippen LogP contribution in [0.1, 0.15) is 5.56 Å². The van der Waals surface area contributed by atoms with Crippen molar-refractivity contribution < 1.29 is 9.53 Å². The highest BCUT2D eigenvalue weighted by Crippen LogP contribution is 2.08. The molecule has 0 radical (unpaired) electrons. The van der Waals surface area contributed by atoms with Crippen molar-refractivity contribution in [3.05, 3.63) is 48.3 Å². The lowest BCUT2D eigenvalue weighted by atomic mass is 10.1. The van der Waals surface area contributed by atoms with Crippen LogP contribution in [0.25, 0.3) is 0 Å². The molecule has 92 valence electrons. The fourth-order valence-electron chi connectivity index (χ4n) is 1.47. The minimum absolute atomic E-state index is 0.102. The van der Waals surface area contributed by atoms with E-state index in [9.17, 15) is 4.79 Å². The van der Waals surface area contributed by atoms with Crippen LogP contribution in [0.5, 0.6) is 6.01 Å². The van der Waals surface area contributed by atoms with Gasteiger partial charge < -0.3 is 10.1 Å². The summed E-state index contributed by atoms with van der Waals surface area (Å²) in [4.78, 5) is 19.6. The van der Waals surface area contributed by atoms with Gasteiger partial charge in [0.2, 0.25) is 5.91 Å². The number of nitrogens with one attached hydrogen (secondary N) is 1. The molecule has 1 aromatic carbocycles. The minimum atomic E-state index is -0.102. The predicted molar refractivity (Wildman–Crippen MR) is 67.4 cm³/mol. The Bertz CT molecular complexity index is 512. The molecule has 0 aliphatic rings. The lowest BCUT2D eigenvalue weighted by molar-refractivity contribution is -0.115. The lowest BCUT2D eigenvalue weighted by Crippen LogP contribution is -2.14. The number of amides is 1. The number of carbonyl (C=O) groups excluding carboxylic acids is 1. The first-order valence-corrected chi connectivity index (χ1v) is 5.48. The molecule has 1 heterocycles. The normalized spacial score (nSPS) is 9.83. The summed E-state index contributed by atoms with van der Waals surface area (Å²) in [6.07, 6.45) is 3.34. The number of hydrogen-bond donors (Lipinski definition) is 1. The van der Waals surface area contributed by atoms with Crippen molar-refractivity contribution in [1.29, 1.82) is 0 Å². The molecule has 0 spiro atoms. The molecule has 5 heteroatoms. The summed E-state index contributed by atoms with van der Waals surface area (Å²) in [6, 6.07) is 9.81. The molecule has 0 saturated heterocycles. The molecule has 0 saturated carbocycles. The van der Waals surface area contributed by atoms with E-state index in [1.54, 1.807) is 0 Å². The Balaban J connectivity index is 1.94. The van der Waals surface area contributed by atoms with Gasteiger partial charge in [0.1, 0.15) is 0 Å². The Kier molecular flexibility index (Phi) is 3.86. The van der Waals surface area contributed by atoms with Gasteiger partial charge >= 0.3 is 6.01 Å². The van der Waals surface area contributed by atoms with E-state index < -0.39 is 0 Å². The molecule has 0 fully saturated rings. The number of carbonyl (C=O) groups is 1. The number of hydrogen-bond acceptors (Lipinski definition) is 4. The Morgan fingerprint density at radius 3 is 2.50 bits per heavy atom. The van der Waals surface area contributed by atoms with Gasteiger partial charge in [0.15, 0.2) is 0 Å². The number of anilines is 1. The van der Waals surface area contributed by atoms with E-state index >= 15 is 0 Å². The van der Waals surface area contributed by atoms with Crippen molar-refractivity contribution in [1.82, 2.24) is 9.97 Å². The highest BCUT2D eigenvalue weighted by molar-refractivity contribution is 5.91. The maximum absolute atomic E-state index is 11.7. The molecule has 0 bridgehead atoms. The number of aromatic nitrogens is 2. The highest BCUT2D eigenvalue weighted by atomic mass is 16.5. The van der Waals surface area contributed by atoms with E-state index in [0.29, 0.717) is 12.1 Å². The summed E-state index contributed by atoms with van der Waals surface area (Å²) >= 11 is 0. The smallest absolute Gasteiger partial charge is 0.316 e. The lowest BCUT2D eigenvalue weighted by Gasteiger charge is -2.05. The van der Waals surface area contributed by atoms with Crippen molar-refractivity contribution in [2.24, 2.45) is 0 Å². The molecule has 0 unspecified atom stereocenters. The second-order valence-corrected chi connectivity index (χ2v) is 3.67. The monoisotopic (exact) mass is 243 g/mol. The third-order valence-electron chi connectivity index (χ3n) is 2.30. The summed E-state index contributed by atoms with van der Waals surface area (Å²) in [7, 11) is 1.49. The molecule has 0 atom stereocenters. The van der Waals surface area contributed by atoms with Crippen LogP contribution in [0.4, 0.5) is 5.69 Å². The van der Waals surface area contributed by atoms with Crippen LogP contribution in [0.15, 0.2) is 42.7 Å². The Hall–Kier alpha value is -2.43. The van der Waals surface area contributed by atoms with Gasteiger partial charge in [0.05, 0.1) is 31.6 Å². The molecule has 0 aliphatic heterocycles. The molecule has 2 aromatic rings. The molecule has 1 amide bonds. The second kappa shape index (κ2) is 5.77. The van der Waals surface area contributed by atoms with Gasteiger partial charge in [0, 0.05) is 0 Å². The number of benzene rings is 1. The third-order valence-corrected chi connectivity index (χ3v) is 2.30. The van der Waals surface area contributed by atoms with Gasteiger partial charge in [-0.3, -0.25) is 4.79 Å². The molecular weight excluding hydrogens is 230 g/mol. The fourth-order valence-corrected chi connectivity index (χ4v) is 1.47. The predicted octanol–water partition coefficient (Wildman–Crippen LogP) is 1.67. The van der Waals surface area contributed by atoms with Gasteiger partial charge in [0.25, 0.3) is 0 Å². The zero-order valence-corrected chi connectivity index (χ0v) is 9.96. The van der Waals surface area contributed by atoms with E-state index in [0.717, 1.165) is 5.56 Å². The first-order chi connectivity index (χ1) is 8.78. The zero-order chi connectivity index (χ0) is 12.8. The Labute approximate surface area is 105 Å². The van der Waals surface area contributed by atoms with Gasteiger partial charge in [-0.1, -0.05) is 30.3 Å². The van der Waals surface area contributed by atoms with E-state index in [1.165, 1.54) is 19.5 Å². The Morgan fingerprint density at radius 1 is 1.22 bits per heavy atom.